The van der Waals surface area contributed by atoms with Gasteiger partial charge in [0.05, 0.1) is 32.6 Å². The average Bonchev–Trinajstić information content (AvgIpc) is 2.42. The summed E-state index contributed by atoms with van der Waals surface area (Å²) < 4.78 is 41.6. The maximum atomic E-state index is 12.1. The Kier molecular flexibility index (Phi) is 9.01. The Balaban J connectivity index is 5.57. The van der Waals surface area contributed by atoms with Crippen molar-refractivity contribution in [1.29, 1.82) is 0 Å². The number of rotatable bonds is 8. The predicted octanol–water partition coefficient (Wildman–Crippen LogP) is 0.597. The van der Waals surface area contributed by atoms with Crippen molar-refractivity contribution in [3.05, 3.63) is 0 Å². The molecule has 2 atom stereocenters. The van der Waals surface area contributed by atoms with Crippen LogP contribution in [-0.2, 0) is 38.1 Å². The Labute approximate surface area is 153 Å². The Morgan fingerprint density at radius 1 is 1.04 bits per heavy atom. The molecule has 0 radical (unpaired) electrons. The molecule has 0 saturated heterocycles. The van der Waals surface area contributed by atoms with E-state index in [2.05, 4.69) is 14.8 Å². The minimum absolute atomic E-state index is 0.193. The van der Waals surface area contributed by atoms with E-state index in [0.717, 1.165) is 20.5 Å². The zero-order valence-electron chi connectivity index (χ0n) is 16.0. The smallest absolute Gasteiger partial charge is 0.407 e. The van der Waals surface area contributed by atoms with Crippen molar-refractivity contribution in [1.82, 2.24) is 5.32 Å². The van der Waals surface area contributed by atoms with Crippen LogP contribution in [0.25, 0.3) is 0 Å². The molecule has 1 amide bonds. The molecule has 0 aliphatic carbocycles. The van der Waals surface area contributed by atoms with Gasteiger partial charge in [-0.15, -0.1) is 0 Å². The van der Waals surface area contributed by atoms with E-state index in [1.165, 1.54) is 6.92 Å². The minimum atomic E-state index is -3.78. The molecule has 0 spiro atoms. The molecule has 2 unspecified atom stereocenters. The molecule has 0 aliphatic rings. The zero-order valence-corrected chi connectivity index (χ0v) is 16.8. The second-order valence-electron chi connectivity index (χ2n) is 6.62. The first kappa shape index (κ1) is 24.1. The van der Waals surface area contributed by atoms with Crippen LogP contribution in [0.1, 0.15) is 34.1 Å². The van der Waals surface area contributed by atoms with Gasteiger partial charge < -0.3 is 19.5 Å². The van der Waals surface area contributed by atoms with Gasteiger partial charge in [-0.25, -0.2) is 4.79 Å². The van der Waals surface area contributed by atoms with E-state index in [1.807, 2.05) is 0 Å². The lowest BCUT2D eigenvalue weighted by Crippen LogP contribution is -2.50. The van der Waals surface area contributed by atoms with Gasteiger partial charge in [0, 0.05) is 0 Å². The molecule has 1 N–H and O–H groups in total. The van der Waals surface area contributed by atoms with Crippen LogP contribution in [0.15, 0.2) is 0 Å². The molecule has 10 nitrogen and oxygen atoms in total. The molecule has 11 heteroatoms. The second kappa shape index (κ2) is 9.72. The predicted molar refractivity (Wildman–Crippen MR) is 90.7 cm³/mol. The molecule has 0 saturated carbocycles. The number of amides is 1. The third-order valence-electron chi connectivity index (χ3n) is 2.94. The maximum absolute atomic E-state index is 12.1. The fourth-order valence-electron chi connectivity index (χ4n) is 2.11. The molecule has 0 heterocycles. The number of nitrogens with one attached hydrogen (secondary N) is 1. The average molecular weight is 397 g/mol. The maximum Gasteiger partial charge on any atom is 0.407 e. The lowest BCUT2D eigenvalue weighted by molar-refractivity contribution is -0.160. The number of hydrogen-bond acceptors (Lipinski definition) is 9. The summed E-state index contributed by atoms with van der Waals surface area (Å²) in [6.45, 7) is 6.32. The van der Waals surface area contributed by atoms with Crippen LogP contribution in [0, 0.1) is 5.92 Å². The number of alkyl carbamates (subject to hydrolysis) is 1. The van der Waals surface area contributed by atoms with Crippen LogP contribution in [0.3, 0.4) is 0 Å². The number of esters is 2. The van der Waals surface area contributed by atoms with Gasteiger partial charge in [-0.05, 0) is 34.1 Å². The molecule has 0 aliphatic heterocycles. The summed E-state index contributed by atoms with van der Waals surface area (Å²) in [6.07, 6.45) is -1.17. The number of carbonyl (C=O) groups is 3. The number of ether oxygens (including phenoxy) is 3. The molecule has 0 fully saturated rings. The molecule has 0 aromatic rings. The first-order valence-electron chi connectivity index (χ1n) is 7.73. The molecular weight excluding hydrogens is 370 g/mol. The first-order valence-corrected chi connectivity index (χ1v) is 9.55. The lowest BCUT2D eigenvalue weighted by atomic mass is 9.95. The molecule has 0 bridgehead atoms. The highest BCUT2D eigenvalue weighted by atomic mass is 32.2. The van der Waals surface area contributed by atoms with E-state index in [1.54, 1.807) is 20.8 Å². The van der Waals surface area contributed by atoms with Crippen LogP contribution in [0.5, 0.6) is 0 Å². The highest BCUT2D eigenvalue weighted by Crippen LogP contribution is 2.18. The largest absolute Gasteiger partial charge is 0.468 e. The molecule has 0 aromatic heterocycles. The molecule has 0 rings (SSSR count). The lowest BCUT2D eigenvalue weighted by Gasteiger charge is -2.28. The van der Waals surface area contributed by atoms with Crippen LogP contribution in [-0.4, -0.2) is 64.7 Å². The Morgan fingerprint density at radius 2 is 1.50 bits per heavy atom. The number of methoxy groups -OCH3 is 2. The first-order chi connectivity index (χ1) is 11.7. The number of hydrogen-bond donors (Lipinski definition) is 1. The van der Waals surface area contributed by atoms with Crippen molar-refractivity contribution in [3.8, 4) is 0 Å². The Morgan fingerprint density at radius 3 is 1.85 bits per heavy atom. The molecule has 152 valence electrons. The van der Waals surface area contributed by atoms with E-state index < -0.39 is 51.8 Å². The van der Waals surface area contributed by atoms with E-state index in [-0.39, 0.29) is 6.42 Å². The fraction of sp³-hybridized carbons (Fsp3) is 0.800. The third kappa shape index (κ3) is 9.56. The highest BCUT2D eigenvalue weighted by molar-refractivity contribution is 7.86. The van der Waals surface area contributed by atoms with Crippen molar-refractivity contribution >= 4 is 28.1 Å². The van der Waals surface area contributed by atoms with E-state index in [4.69, 9.17) is 8.92 Å². The monoisotopic (exact) mass is 397 g/mol. The van der Waals surface area contributed by atoms with Gasteiger partial charge >= 0.3 is 18.0 Å². The quantitative estimate of drug-likeness (QED) is 0.270. The normalized spacial score (nSPS) is 14.3. The van der Waals surface area contributed by atoms with Gasteiger partial charge in [0.1, 0.15) is 5.60 Å². The van der Waals surface area contributed by atoms with Gasteiger partial charge in [0.2, 0.25) is 0 Å². The van der Waals surface area contributed by atoms with Crippen LogP contribution in [0.4, 0.5) is 4.79 Å². The summed E-state index contributed by atoms with van der Waals surface area (Å²) in [4.78, 5) is 36.1. The Hall–Kier alpha value is -1.88. The van der Waals surface area contributed by atoms with Crippen molar-refractivity contribution in [3.63, 3.8) is 0 Å². The summed E-state index contributed by atoms with van der Waals surface area (Å²) >= 11 is 0. The summed E-state index contributed by atoms with van der Waals surface area (Å²) in [6, 6.07) is -1.18. The fourth-order valence-corrected chi connectivity index (χ4v) is 2.79. The Bertz CT molecular complexity index is 593. The summed E-state index contributed by atoms with van der Waals surface area (Å²) in [5.41, 5.74) is -0.824. The third-order valence-corrected chi connectivity index (χ3v) is 3.62. The van der Waals surface area contributed by atoms with Crippen molar-refractivity contribution in [2.75, 3.05) is 20.5 Å². The SMILES string of the molecule is COC(=O)C(C(=O)OC)C(CC(C)OS(C)(=O)=O)NC(=O)OC(C)(C)C. The number of carbonyl (C=O) groups excluding carboxylic acids is 3. The van der Waals surface area contributed by atoms with Gasteiger partial charge in [-0.3, -0.25) is 13.8 Å². The highest BCUT2D eigenvalue weighted by Gasteiger charge is 2.39. The molecule has 0 aromatic carbocycles. The van der Waals surface area contributed by atoms with Crippen LogP contribution >= 0.6 is 0 Å². The van der Waals surface area contributed by atoms with Crippen LogP contribution < -0.4 is 5.32 Å². The summed E-state index contributed by atoms with van der Waals surface area (Å²) in [7, 11) is -1.64. The topological polar surface area (TPSA) is 134 Å². The molecule has 26 heavy (non-hydrogen) atoms. The standard InChI is InChI=1S/C15H27NO9S/c1-9(25-26(7,20)21)8-10(16-14(19)24-15(2,3)4)11(12(17)22-5)13(18)23-6/h9-11H,8H2,1-7H3,(H,16,19). The van der Waals surface area contributed by atoms with Gasteiger partial charge in [0.25, 0.3) is 10.1 Å². The van der Waals surface area contributed by atoms with E-state index in [9.17, 15) is 22.8 Å². The minimum Gasteiger partial charge on any atom is -0.468 e. The van der Waals surface area contributed by atoms with Crippen molar-refractivity contribution in [2.45, 2.75) is 51.9 Å². The van der Waals surface area contributed by atoms with Crippen molar-refractivity contribution in [2.24, 2.45) is 5.92 Å². The van der Waals surface area contributed by atoms with Gasteiger partial charge in [0.15, 0.2) is 5.92 Å². The van der Waals surface area contributed by atoms with E-state index in [0.29, 0.717) is 0 Å². The van der Waals surface area contributed by atoms with Gasteiger partial charge in [-0.1, -0.05) is 0 Å². The zero-order chi connectivity index (χ0) is 20.7. The van der Waals surface area contributed by atoms with Crippen LogP contribution in [0.2, 0.25) is 0 Å². The second-order valence-corrected chi connectivity index (χ2v) is 8.22. The molecular formula is C15H27NO9S. The van der Waals surface area contributed by atoms with Gasteiger partial charge in [-0.2, -0.15) is 8.42 Å². The van der Waals surface area contributed by atoms with Crippen molar-refractivity contribution < 1.29 is 41.2 Å². The van der Waals surface area contributed by atoms with E-state index >= 15 is 0 Å². The summed E-state index contributed by atoms with van der Waals surface area (Å²) in [5.74, 6) is -3.43. The summed E-state index contributed by atoms with van der Waals surface area (Å²) in [5, 5.41) is 2.38.